The number of nitrogens with zero attached hydrogens (tertiary/aromatic N) is 4. The molecule has 2 aromatic heterocycles. The summed E-state index contributed by atoms with van der Waals surface area (Å²) in [5.41, 5.74) is -2.28. The van der Waals surface area contributed by atoms with Gasteiger partial charge in [-0.1, -0.05) is 11.6 Å². The molecule has 6 rings (SSSR count). The Balaban J connectivity index is 1.47. The summed E-state index contributed by atoms with van der Waals surface area (Å²) in [5, 5.41) is 13.1. The van der Waals surface area contributed by atoms with E-state index in [-0.39, 0.29) is 42.7 Å². The number of phenolic OH excluding ortho intramolecular Hbond substituents is 1. The van der Waals surface area contributed by atoms with Crippen LogP contribution in [-0.2, 0) is 6.18 Å². The minimum atomic E-state index is -4.94. The minimum Gasteiger partial charge on any atom is -0.508 e. The third-order valence-corrected chi connectivity index (χ3v) is 8.28. The molecule has 3 fully saturated rings. The predicted molar refractivity (Wildman–Crippen MR) is 140 cm³/mol. The fraction of sp³-hybridized carbons (Fsp3) is 0.481. The van der Waals surface area contributed by atoms with Gasteiger partial charge in [-0.3, -0.25) is 9.88 Å². The average molecular weight is 584 g/mol. The summed E-state index contributed by atoms with van der Waals surface area (Å²) in [4.78, 5) is 12.4. The van der Waals surface area contributed by atoms with Crippen LogP contribution in [0.3, 0.4) is 0 Å². The zero-order valence-electron chi connectivity index (χ0n) is 21.5. The maximum atomic E-state index is 16.2. The maximum absolute atomic E-state index is 16.2. The monoisotopic (exact) mass is 583 g/mol. The lowest BCUT2D eigenvalue weighted by Crippen LogP contribution is -2.51. The van der Waals surface area contributed by atoms with Gasteiger partial charge in [0.15, 0.2) is 5.82 Å². The number of likely N-dealkylation sites (tertiary alicyclic amines) is 1. The maximum Gasteiger partial charge on any atom is 0.418 e. The van der Waals surface area contributed by atoms with Gasteiger partial charge in [0, 0.05) is 61.0 Å². The van der Waals surface area contributed by atoms with Crippen molar-refractivity contribution in [1.82, 2.24) is 20.2 Å². The van der Waals surface area contributed by atoms with E-state index in [0.29, 0.717) is 30.6 Å². The van der Waals surface area contributed by atoms with Crippen LogP contribution in [0.5, 0.6) is 11.6 Å². The van der Waals surface area contributed by atoms with Gasteiger partial charge in [0.2, 0.25) is 5.88 Å². The Hall–Kier alpha value is -2.96. The molecular formula is C27H27ClF5N5O2. The highest BCUT2D eigenvalue weighted by molar-refractivity contribution is 6.32. The number of ether oxygens (including phenoxy) is 1. The number of fused-ring (bicyclic) bond motifs is 3. The van der Waals surface area contributed by atoms with Gasteiger partial charge >= 0.3 is 6.18 Å². The van der Waals surface area contributed by atoms with Crippen molar-refractivity contribution < 1.29 is 31.8 Å². The summed E-state index contributed by atoms with van der Waals surface area (Å²) in [5.74, 6) is -1.59. The molecule has 2 N–H and O–H groups in total. The first-order valence-electron chi connectivity index (χ1n) is 13.1. The lowest BCUT2D eigenvalue weighted by molar-refractivity contribution is -0.137. The Morgan fingerprint density at radius 1 is 1.15 bits per heavy atom. The van der Waals surface area contributed by atoms with Gasteiger partial charge in [0.1, 0.15) is 29.7 Å². The summed E-state index contributed by atoms with van der Waals surface area (Å²) in [7, 11) is 1.79. The third kappa shape index (κ3) is 5.01. The first kappa shape index (κ1) is 27.2. The lowest BCUT2D eigenvalue weighted by Gasteiger charge is -2.35. The van der Waals surface area contributed by atoms with Gasteiger partial charge in [-0.2, -0.15) is 13.2 Å². The normalized spacial score (nSPS) is 25.2. The van der Waals surface area contributed by atoms with Crippen LogP contribution in [0.15, 0.2) is 24.4 Å². The number of anilines is 1. The van der Waals surface area contributed by atoms with Gasteiger partial charge in [-0.25, -0.2) is 13.8 Å². The number of likely N-dealkylation sites (N-methyl/N-ethyl adjacent to an activating group) is 1. The van der Waals surface area contributed by atoms with E-state index in [1.54, 1.807) is 13.1 Å². The quantitative estimate of drug-likeness (QED) is 0.401. The summed E-state index contributed by atoms with van der Waals surface area (Å²) < 4.78 is 77.8. The van der Waals surface area contributed by atoms with Gasteiger partial charge < -0.3 is 20.1 Å². The number of hydrogen-bond donors (Lipinski definition) is 2. The van der Waals surface area contributed by atoms with Gasteiger partial charge in [0.25, 0.3) is 0 Å². The van der Waals surface area contributed by atoms with E-state index in [4.69, 9.17) is 16.3 Å². The van der Waals surface area contributed by atoms with Crippen LogP contribution in [0.25, 0.3) is 22.2 Å². The third-order valence-electron chi connectivity index (χ3n) is 7.98. The van der Waals surface area contributed by atoms with Crippen molar-refractivity contribution in [3.05, 3.63) is 40.8 Å². The predicted octanol–water partition coefficient (Wildman–Crippen LogP) is 5.18. The molecular weight excluding hydrogens is 557 g/mol. The largest absolute Gasteiger partial charge is 0.508 e. The van der Waals surface area contributed by atoms with Crippen molar-refractivity contribution >= 4 is 28.2 Å². The van der Waals surface area contributed by atoms with E-state index in [0.717, 1.165) is 25.0 Å². The van der Waals surface area contributed by atoms with Crippen LogP contribution in [0, 0.1) is 5.82 Å². The summed E-state index contributed by atoms with van der Waals surface area (Å²) >= 11 is 5.84. The number of halogens is 6. The van der Waals surface area contributed by atoms with Crippen LogP contribution in [0.2, 0.25) is 5.02 Å². The van der Waals surface area contributed by atoms with E-state index < -0.39 is 45.8 Å². The molecule has 3 aromatic rings. The second kappa shape index (κ2) is 10.1. The number of phenols is 1. The molecule has 3 aliphatic rings. The van der Waals surface area contributed by atoms with Crippen LogP contribution < -0.4 is 15.0 Å². The molecule has 4 atom stereocenters. The first-order valence-corrected chi connectivity index (χ1v) is 13.4. The van der Waals surface area contributed by atoms with Crippen molar-refractivity contribution in [3.63, 3.8) is 0 Å². The molecule has 13 heteroatoms. The zero-order valence-corrected chi connectivity index (χ0v) is 22.2. The van der Waals surface area contributed by atoms with Crippen LogP contribution in [-0.4, -0.2) is 77.6 Å². The molecule has 3 saturated heterocycles. The van der Waals surface area contributed by atoms with E-state index >= 15 is 4.39 Å². The van der Waals surface area contributed by atoms with E-state index in [2.05, 4.69) is 20.2 Å². The molecule has 3 aliphatic heterocycles. The lowest BCUT2D eigenvalue weighted by atomic mass is 10.0. The van der Waals surface area contributed by atoms with Crippen molar-refractivity contribution in [1.29, 1.82) is 0 Å². The SMILES string of the molecule is CN1C[C@H](F)C[C@H]1COc1cc(N2CC3CCC(C2)N3)c2cnc(-c3cc(O)cc(Cl)c3C(F)(F)F)c(F)c2n1. The van der Waals surface area contributed by atoms with Crippen molar-refractivity contribution in [3.8, 4) is 22.9 Å². The number of hydrogen-bond acceptors (Lipinski definition) is 7. The Morgan fingerprint density at radius 3 is 2.52 bits per heavy atom. The topological polar surface area (TPSA) is 73.8 Å². The molecule has 2 bridgehead atoms. The fourth-order valence-electron chi connectivity index (χ4n) is 6.08. The molecule has 40 heavy (non-hydrogen) atoms. The zero-order chi connectivity index (χ0) is 28.3. The number of pyridine rings is 2. The average Bonchev–Trinajstić information content (AvgIpc) is 3.39. The smallest absolute Gasteiger partial charge is 0.418 e. The molecule has 214 valence electrons. The standard InChI is InChI=1S/C27H27ClF5N5O2/c1-37-9-13(29)4-16(37)12-40-22-7-21(38-10-14-2-3-15(11-38)35-14)19-8-34-25(24(30)26(19)36-22)18-5-17(39)6-20(28)23(18)27(31,32)33/h5-8,13-16,35,39H,2-4,9-12H2,1H3/t13-,14?,15?,16+/m1/s1. The number of aromatic hydroxyl groups is 1. The summed E-state index contributed by atoms with van der Waals surface area (Å²) in [6.07, 6.45) is -2.33. The Labute approximate surface area is 231 Å². The van der Waals surface area contributed by atoms with E-state index in [1.165, 1.54) is 6.20 Å². The second-order valence-electron chi connectivity index (χ2n) is 10.8. The molecule has 5 heterocycles. The van der Waals surface area contributed by atoms with Crippen molar-refractivity contribution in [2.75, 3.05) is 38.2 Å². The molecule has 7 nitrogen and oxygen atoms in total. The van der Waals surface area contributed by atoms with Gasteiger partial charge in [-0.05, 0) is 38.4 Å². The highest BCUT2D eigenvalue weighted by Crippen LogP contribution is 2.45. The van der Waals surface area contributed by atoms with Crippen LogP contribution in [0.1, 0.15) is 24.8 Å². The fourth-order valence-corrected chi connectivity index (χ4v) is 6.40. The van der Waals surface area contributed by atoms with Gasteiger partial charge in [-0.15, -0.1) is 0 Å². The summed E-state index contributed by atoms with van der Waals surface area (Å²) in [6, 6.07) is 3.51. The number of aromatic nitrogens is 2. The van der Waals surface area contributed by atoms with E-state index in [9.17, 15) is 22.7 Å². The molecule has 1 aromatic carbocycles. The molecule has 0 aliphatic carbocycles. The van der Waals surface area contributed by atoms with Crippen molar-refractivity contribution in [2.45, 2.75) is 49.7 Å². The molecule has 0 spiro atoms. The molecule has 0 amide bonds. The Kier molecular flexibility index (Phi) is 6.90. The first-order chi connectivity index (χ1) is 19.0. The molecule has 0 radical (unpaired) electrons. The van der Waals surface area contributed by atoms with Crippen LogP contribution >= 0.6 is 11.6 Å². The summed E-state index contributed by atoms with van der Waals surface area (Å²) in [6.45, 7) is 1.69. The van der Waals surface area contributed by atoms with E-state index in [1.807, 2.05) is 4.90 Å². The van der Waals surface area contributed by atoms with Crippen molar-refractivity contribution in [2.24, 2.45) is 0 Å². The highest BCUT2D eigenvalue weighted by atomic mass is 35.5. The van der Waals surface area contributed by atoms with Gasteiger partial charge in [0.05, 0.1) is 16.3 Å². The Bertz CT molecular complexity index is 1450. The highest BCUT2D eigenvalue weighted by Gasteiger charge is 2.39. The number of rotatable bonds is 5. The number of piperazine rings is 1. The number of nitrogens with one attached hydrogen (secondary N) is 1. The Morgan fingerprint density at radius 2 is 1.88 bits per heavy atom. The minimum absolute atomic E-state index is 0.0742. The van der Waals surface area contributed by atoms with Crippen LogP contribution in [0.4, 0.5) is 27.6 Å². The molecule has 2 unspecified atom stereocenters. The second-order valence-corrected chi connectivity index (χ2v) is 11.2. The molecule has 0 saturated carbocycles. The number of benzene rings is 1. The number of alkyl halides is 4.